The summed E-state index contributed by atoms with van der Waals surface area (Å²) in [6.07, 6.45) is -1.27. The van der Waals surface area contributed by atoms with E-state index in [1.807, 2.05) is 0 Å². The van der Waals surface area contributed by atoms with Crippen molar-refractivity contribution in [1.82, 2.24) is 5.32 Å². The van der Waals surface area contributed by atoms with Gasteiger partial charge in [-0.1, -0.05) is 42.5 Å². The summed E-state index contributed by atoms with van der Waals surface area (Å²) in [4.78, 5) is 11.9. The standard InChI is InChI=1S/C16H16FNO3S/c17-13-8-4-5-9-14(13)22(21)11-10-18-16(20)15(19)12-6-2-1-3-7-12/h1-9,15,19H,10-11H2,(H,18,20). The minimum absolute atomic E-state index is 0.0776. The number of rotatable bonds is 6. The zero-order valence-corrected chi connectivity index (χ0v) is 12.6. The van der Waals surface area contributed by atoms with Crippen LogP contribution in [0.15, 0.2) is 59.5 Å². The number of aliphatic hydroxyl groups is 1. The number of amides is 1. The fraction of sp³-hybridized carbons (Fsp3) is 0.188. The minimum atomic E-state index is -1.54. The van der Waals surface area contributed by atoms with Crippen LogP contribution in [0.5, 0.6) is 0 Å². The van der Waals surface area contributed by atoms with E-state index in [-0.39, 0.29) is 17.2 Å². The zero-order valence-electron chi connectivity index (χ0n) is 11.7. The van der Waals surface area contributed by atoms with Crippen LogP contribution >= 0.6 is 0 Å². The maximum absolute atomic E-state index is 13.5. The molecule has 0 heterocycles. The van der Waals surface area contributed by atoms with Crippen LogP contribution in [-0.2, 0) is 15.6 Å². The predicted octanol–water partition coefficient (Wildman–Crippen LogP) is 1.78. The molecular formula is C16H16FNO3S. The fourth-order valence-corrected chi connectivity index (χ4v) is 2.91. The van der Waals surface area contributed by atoms with Crippen LogP contribution in [-0.4, -0.2) is 27.5 Å². The monoisotopic (exact) mass is 321 g/mol. The molecule has 0 fully saturated rings. The molecule has 116 valence electrons. The van der Waals surface area contributed by atoms with Crippen LogP contribution in [0.2, 0.25) is 0 Å². The number of aliphatic hydroxyl groups excluding tert-OH is 1. The summed E-state index contributed by atoms with van der Waals surface area (Å²) in [6.45, 7) is 0.0870. The summed E-state index contributed by atoms with van der Waals surface area (Å²) in [5.74, 6) is -1.03. The Labute approximate surface area is 130 Å². The molecule has 0 saturated carbocycles. The Kier molecular flexibility index (Phi) is 5.80. The number of benzene rings is 2. The van der Waals surface area contributed by atoms with E-state index in [0.29, 0.717) is 5.56 Å². The van der Waals surface area contributed by atoms with Crippen molar-refractivity contribution in [3.8, 4) is 0 Å². The van der Waals surface area contributed by atoms with Gasteiger partial charge in [-0.2, -0.15) is 0 Å². The number of carbonyl (C=O) groups is 1. The molecule has 0 aliphatic carbocycles. The lowest BCUT2D eigenvalue weighted by atomic mass is 10.1. The number of hydrogen-bond donors (Lipinski definition) is 2. The van der Waals surface area contributed by atoms with Gasteiger partial charge in [0.05, 0.1) is 15.7 Å². The van der Waals surface area contributed by atoms with Crippen molar-refractivity contribution in [2.24, 2.45) is 0 Å². The first kappa shape index (κ1) is 16.3. The quantitative estimate of drug-likeness (QED) is 0.852. The van der Waals surface area contributed by atoms with E-state index >= 15 is 0 Å². The number of halogens is 1. The summed E-state index contributed by atoms with van der Waals surface area (Å²) < 4.78 is 25.4. The lowest BCUT2D eigenvalue weighted by Crippen LogP contribution is -2.32. The van der Waals surface area contributed by atoms with E-state index in [1.165, 1.54) is 18.2 Å². The van der Waals surface area contributed by atoms with E-state index in [0.717, 1.165) is 0 Å². The largest absolute Gasteiger partial charge is 0.378 e. The molecule has 4 nitrogen and oxygen atoms in total. The van der Waals surface area contributed by atoms with Gasteiger partial charge in [0.1, 0.15) is 5.82 Å². The first-order valence-corrected chi connectivity index (χ1v) is 8.05. The molecule has 2 unspecified atom stereocenters. The van der Waals surface area contributed by atoms with Gasteiger partial charge in [-0.25, -0.2) is 4.39 Å². The molecule has 2 atom stereocenters. The molecule has 2 aromatic rings. The normalized spacial score (nSPS) is 13.4. The van der Waals surface area contributed by atoms with Gasteiger partial charge in [0, 0.05) is 12.3 Å². The van der Waals surface area contributed by atoms with Crippen LogP contribution < -0.4 is 5.32 Å². The molecule has 2 N–H and O–H groups in total. The maximum Gasteiger partial charge on any atom is 0.253 e. The van der Waals surface area contributed by atoms with Crippen LogP contribution in [0.25, 0.3) is 0 Å². The Hall–Kier alpha value is -2.05. The lowest BCUT2D eigenvalue weighted by molar-refractivity contribution is -0.129. The average Bonchev–Trinajstić information content (AvgIpc) is 2.55. The van der Waals surface area contributed by atoms with E-state index < -0.39 is 28.6 Å². The third-order valence-corrected chi connectivity index (χ3v) is 4.43. The van der Waals surface area contributed by atoms with Gasteiger partial charge in [0.15, 0.2) is 6.10 Å². The van der Waals surface area contributed by atoms with Gasteiger partial charge in [-0.05, 0) is 17.7 Å². The summed E-state index contributed by atoms with van der Waals surface area (Å²) in [5.41, 5.74) is 0.482. The van der Waals surface area contributed by atoms with Gasteiger partial charge in [0.2, 0.25) is 0 Å². The smallest absolute Gasteiger partial charge is 0.253 e. The van der Waals surface area contributed by atoms with Crippen molar-refractivity contribution in [2.75, 3.05) is 12.3 Å². The summed E-state index contributed by atoms with van der Waals surface area (Å²) in [6, 6.07) is 14.3. The second-order valence-electron chi connectivity index (χ2n) is 4.58. The van der Waals surface area contributed by atoms with Crippen molar-refractivity contribution in [3.05, 3.63) is 66.0 Å². The average molecular weight is 321 g/mol. The maximum atomic E-state index is 13.5. The van der Waals surface area contributed by atoms with Crippen LogP contribution in [0, 0.1) is 5.82 Å². The highest BCUT2D eigenvalue weighted by atomic mass is 32.2. The Morgan fingerprint density at radius 2 is 1.77 bits per heavy atom. The van der Waals surface area contributed by atoms with Gasteiger partial charge >= 0.3 is 0 Å². The highest BCUT2D eigenvalue weighted by Crippen LogP contribution is 2.13. The van der Waals surface area contributed by atoms with Crippen molar-refractivity contribution in [2.45, 2.75) is 11.0 Å². The Balaban J connectivity index is 1.85. The topological polar surface area (TPSA) is 66.4 Å². The molecule has 0 spiro atoms. The molecule has 0 saturated heterocycles. The molecule has 0 aliphatic heterocycles. The molecule has 6 heteroatoms. The minimum Gasteiger partial charge on any atom is -0.378 e. The first-order valence-electron chi connectivity index (χ1n) is 6.73. The fourth-order valence-electron chi connectivity index (χ4n) is 1.89. The molecular weight excluding hydrogens is 305 g/mol. The van der Waals surface area contributed by atoms with E-state index in [1.54, 1.807) is 36.4 Å². The number of carbonyl (C=O) groups excluding carboxylic acids is 1. The van der Waals surface area contributed by atoms with Gasteiger partial charge in [0.25, 0.3) is 5.91 Å². The highest BCUT2D eigenvalue weighted by Gasteiger charge is 2.17. The van der Waals surface area contributed by atoms with Crippen LogP contribution in [0.1, 0.15) is 11.7 Å². The summed E-state index contributed by atoms with van der Waals surface area (Å²) in [7, 11) is -1.54. The summed E-state index contributed by atoms with van der Waals surface area (Å²) in [5, 5.41) is 12.4. The molecule has 2 rings (SSSR count). The summed E-state index contributed by atoms with van der Waals surface area (Å²) >= 11 is 0. The molecule has 2 aromatic carbocycles. The Bertz CT molecular complexity index is 663. The van der Waals surface area contributed by atoms with Crippen molar-refractivity contribution in [1.29, 1.82) is 0 Å². The molecule has 0 bridgehead atoms. The third kappa shape index (κ3) is 4.22. The van der Waals surface area contributed by atoms with Crippen molar-refractivity contribution in [3.63, 3.8) is 0 Å². The van der Waals surface area contributed by atoms with Crippen molar-refractivity contribution < 1.29 is 18.5 Å². The van der Waals surface area contributed by atoms with Crippen LogP contribution in [0.4, 0.5) is 4.39 Å². The molecule has 0 radical (unpaired) electrons. The Morgan fingerprint density at radius 1 is 1.14 bits per heavy atom. The Morgan fingerprint density at radius 3 is 2.45 bits per heavy atom. The molecule has 22 heavy (non-hydrogen) atoms. The van der Waals surface area contributed by atoms with Crippen molar-refractivity contribution >= 4 is 16.7 Å². The van der Waals surface area contributed by atoms with Gasteiger partial charge in [-0.15, -0.1) is 0 Å². The van der Waals surface area contributed by atoms with E-state index in [2.05, 4.69) is 5.32 Å². The lowest BCUT2D eigenvalue weighted by Gasteiger charge is -2.11. The number of hydrogen-bond acceptors (Lipinski definition) is 3. The van der Waals surface area contributed by atoms with Crippen LogP contribution in [0.3, 0.4) is 0 Å². The molecule has 0 aliphatic rings. The zero-order chi connectivity index (χ0) is 15.9. The van der Waals surface area contributed by atoms with Gasteiger partial charge < -0.3 is 10.4 Å². The molecule has 1 amide bonds. The van der Waals surface area contributed by atoms with E-state index in [9.17, 15) is 18.5 Å². The predicted molar refractivity (Wildman–Crippen MR) is 82.1 cm³/mol. The first-order chi connectivity index (χ1) is 10.6. The van der Waals surface area contributed by atoms with E-state index in [4.69, 9.17) is 0 Å². The third-order valence-electron chi connectivity index (χ3n) is 3.03. The molecule has 0 aromatic heterocycles. The van der Waals surface area contributed by atoms with Gasteiger partial charge in [-0.3, -0.25) is 9.00 Å². The SMILES string of the molecule is O=C(NCCS(=O)c1ccccc1F)C(O)c1ccccc1. The second-order valence-corrected chi connectivity index (χ2v) is 6.12. The second kappa shape index (κ2) is 7.82. The highest BCUT2D eigenvalue weighted by molar-refractivity contribution is 7.85. The number of nitrogens with one attached hydrogen (secondary N) is 1.